The van der Waals surface area contributed by atoms with Crippen LogP contribution in [-0.2, 0) is 9.53 Å². The van der Waals surface area contributed by atoms with E-state index in [-0.39, 0.29) is 5.97 Å². The number of nitrogens with one attached hydrogen (secondary N) is 1. The second-order valence-electron chi connectivity index (χ2n) is 5.71. The maximum Gasteiger partial charge on any atom is 0.305 e. The van der Waals surface area contributed by atoms with Crippen LogP contribution in [0.3, 0.4) is 0 Å². The van der Waals surface area contributed by atoms with Crippen molar-refractivity contribution in [1.82, 2.24) is 5.32 Å². The summed E-state index contributed by atoms with van der Waals surface area (Å²) in [6.07, 6.45) is 10.7. The standard InChI is InChI=1S/C16H31NO2/c1-3-14-9-8-10-15(13-14)17-12-7-5-6-11-16(18)19-4-2/h14-15,17H,3-13H2,1-2H3. The van der Waals surface area contributed by atoms with Crippen molar-refractivity contribution in [3.63, 3.8) is 0 Å². The molecule has 0 aromatic carbocycles. The first-order valence-corrected chi connectivity index (χ1v) is 8.15. The fraction of sp³-hybridized carbons (Fsp3) is 0.938. The first-order valence-electron chi connectivity index (χ1n) is 8.15. The second-order valence-corrected chi connectivity index (χ2v) is 5.71. The van der Waals surface area contributed by atoms with Crippen molar-refractivity contribution in [3.8, 4) is 0 Å². The molecule has 2 unspecified atom stereocenters. The Bertz CT molecular complexity index is 243. The number of rotatable bonds is 9. The summed E-state index contributed by atoms with van der Waals surface area (Å²) in [6.45, 7) is 5.77. The second kappa shape index (κ2) is 10.2. The fourth-order valence-corrected chi connectivity index (χ4v) is 2.96. The van der Waals surface area contributed by atoms with Crippen LogP contribution in [0.5, 0.6) is 0 Å². The highest BCUT2D eigenvalue weighted by molar-refractivity contribution is 5.69. The van der Waals surface area contributed by atoms with Crippen LogP contribution in [0.15, 0.2) is 0 Å². The van der Waals surface area contributed by atoms with Crippen molar-refractivity contribution in [2.45, 2.75) is 77.7 Å². The largest absolute Gasteiger partial charge is 0.466 e. The smallest absolute Gasteiger partial charge is 0.305 e. The molecule has 3 nitrogen and oxygen atoms in total. The maximum atomic E-state index is 11.2. The predicted molar refractivity (Wildman–Crippen MR) is 79.1 cm³/mol. The van der Waals surface area contributed by atoms with Crippen molar-refractivity contribution in [1.29, 1.82) is 0 Å². The molecule has 3 heteroatoms. The van der Waals surface area contributed by atoms with Crippen LogP contribution < -0.4 is 5.32 Å². The quantitative estimate of drug-likeness (QED) is 0.513. The number of hydrogen-bond donors (Lipinski definition) is 1. The zero-order valence-electron chi connectivity index (χ0n) is 12.7. The Morgan fingerprint density at radius 1 is 1.21 bits per heavy atom. The highest BCUT2D eigenvalue weighted by Gasteiger charge is 2.19. The Balaban J connectivity index is 1.94. The summed E-state index contributed by atoms with van der Waals surface area (Å²) in [7, 11) is 0. The highest BCUT2D eigenvalue weighted by atomic mass is 16.5. The Morgan fingerprint density at radius 3 is 2.79 bits per heavy atom. The average Bonchev–Trinajstić information content (AvgIpc) is 2.43. The highest BCUT2D eigenvalue weighted by Crippen LogP contribution is 2.26. The fourth-order valence-electron chi connectivity index (χ4n) is 2.96. The molecule has 19 heavy (non-hydrogen) atoms. The minimum absolute atomic E-state index is 0.0477. The van der Waals surface area contributed by atoms with Gasteiger partial charge in [-0.3, -0.25) is 4.79 Å². The first kappa shape index (κ1) is 16.5. The minimum Gasteiger partial charge on any atom is -0.466 e. The van der Waals surface area contributed by atoms with Crippen molar-refractivity contribution >= 4 is 5.97 Å². The molecule has 1 aliphatic rings. The molecule has 0 aromatic rings. The molecule has 1 fully saturated rings. The van der Waals surface area contributed by atoms with Crippen LogP contribution >= 0.6 is 0 Å². The molecular weight excluding hydrogens is 238 g/mol. The monoisotopic (exact) mass is 269 g/mol. The third-order valence-electron chi connectivity index (χ3n) is 4.16. The van der Waals surface area contributed by atoms with E-state index < -0.39 is 0 Å². The lowest BCUT2D eigenvalue weighted by Gasteiger charge is -2.29. The number of unbranched alkanes of at least 4 members (excludes halogenated alkanes) is 2. The molecule has 112 valence electrons. The predicted octanol–water partition coefficient (Wildman–Crippen LogP) is 3.67. The van der Waals surface area contributed by atoms with Crippen LogP contribution in [0, 0.1) is 5.92 Å². The van der Waals surface area contributed by atoms with Crippen molar-refractivity contribution < 1.29 is 9.53 Å². The van der Waals surface area contributed by atoms with Gasteiger partial charge in [-0.1, -0.05) is 32.6 Å². The Morgan fingerprint density at radius 2 is 2.05 bits per heavy atom. The average molecular weight is 269 g/mol. The molecule has 0 aliphatic heterocycles. The summed E-state index contributed by atoms with van der Waals surface area (Å²) in [5, 5.41) is 3.68. The molecule has 0 heterocycles. The summed E-state index contributed by atoms with van der Waals surface area (Å²) in [4.78, 5) is 11.2. The summed E-state index contributed by atoms with van der Waals surface area (Å²) < 4.78 is 4.91. The van der Waals surface area contributed by atoms with Crippen LogP contribution in [0.4, 0.5) is 0 Å². The van der Waals surface area contributed by atoms with Gasteiger partial charge in [-0.2, -0.15) is 0 Å². The van der Waals surface area contributed by atoms with E-state index in [1.165, 1.54) is 38.5 Å². The number of hydrogen-bond acceptors (Lipinski definition) is 3. The number of carbonyl (C=O) groups is 1. The van der Waals surface area contributed by atoms with Crippen LogP contribution in [0.2, 0.25) is 0 Å². The van der Waals surface area contributed by atoms with E-state index in [9.17, 15) is 4.79 Å². The lowest BCUT2D eigenvalue weighted by atomic mass is 9.84. The number of esters is 1. The molecule has 0 radical (unpaired) electrons. The third kappa shape index (κ3) is 7.56. The zero-order chi connectivity index (χ0) is 13.9. The van der Waals surface area contributed by atoms with E-state index in [0.29, 0.717) is 13.0 Å². The van der Waals surface area contributed by atoms with Gasteiger partial charge in [0.25, 0.3) is 0 Å². The van der Waals surface area contributed by atoms with E-state index in [1.807, 2.05) is 6.92 Å². The third-order valence-corrected chi connectivity index (χ3v) is 4.16. The SMILES string of the molecule is CCOC(=O)CCCCCNC1CCCC(CC)C1. The van der Waals surface area contributed by atoms with Gasteiger partial charge in [-0.25, -0.2) is 0 Å². The molecule has 0 bridgehead atoms. The number of carbonyl (C=O) groups excluding carboxylic acids is 1. The Kier molecular flexibility index (Phi) is 8.89. The zero-order valence-corrected chi connectivity index (χ0v) is 12.7. The van der Waals surface area contributed by atoms with Gasteiger partial charge in [-0.05, 0) is 45.1 Å². The molecule has 0 spiro atoms. The van der Waals surface area contributed by atoms with Crippen molar-refractivity contribution in [3.05, 3.63) is 0 Å². The van der Waals surface area contributed by atoms with E-state index in [2.05, 4.69) is 12.2 Å². The van der Waals surface area contributed by atoms with Gasteiger partial charge in [0.1, 0.15) is 0 Å². The normalized spacial score (nSPS) is 23.3. The number of ether oxygens (including phenoxy) is 1. The van der Waals surface area contributed by atoms with E-state index in [1.54, 1.807) is 0 Å². The molecule has 1 aliphatic carbocycles. The molecule has 0 amide bonds. The molecule has 1 rings (SSSR count). The molecule has 2 atom stereocenters. The molecule has 1 saturated carbocycles. The van der Waals surface area contributed by atoms with Crippen LogP contribution in [0.25, 0.3) is 0 Å². The van der Waals surface area contributed by atoms with Gasteiger partial charge in [0.15, 0.2) is 0 Å². The van der Waals surface area contributed by atoms with Crippen molar-refractivity contribution in [2.24, 2.45) is 5.92 Å². The molecule has 0 saturated heterocycles. The van der Waals surface area contributed by atoms with Crippen molar-refractivity contribution in [2.75, 3.05) is 13.2 Å². The van der Waals surface area contributed by atoms with Gasteiger partial charge in [0.05, 0.1) is 6.61 Å². The van der Waals surface area contributed by atoms with Gasteiger partial charge < -0.3 is 10.1 Å². The first-order chi connectivity index (χ1) is 9.26. The van der Waals surface area contributed by atoms with Gasteiger partial charge in [0.2, 0.25) is 0 Å². The van der Waals surface area contributed by atoms with Crippen LogP contribution in [0.1, 0.15) is 71.6 Å². The van der Waals surface area contributed by atoms with E-state index in [0.717, 1.165) is 31.3 Å². The topological polar surface area (TPSA) is 38.3 Å². The summed E-state index contributed by atoms with van der Waals surface area (Å²) in [5.41, 5.74) is 0. The lowest BCUT2D eigenvalue weighted by molar-refractivity contribution is -0.143. The van der Waals surface area contributed by atoms with Gasteiger partial charge >= 0.3 is 5.97 Å². The van der Waals surface area contributed by atoms with Gasteiger partial charge in [0, 0.05) is 12.5 Å². The Hall–Kier alpha value is -0.570. The summed E-state index contributed by atoms with van der Waals surface area (Å²) in [6, 6.07) is 0.740. The summed E-state index contributed by atoms with van der Waals surface area (Å²) >= 11 is 0. The van der Waals surface area contributed by atoms with E-state index >= 15 is 0 Å². The van der Waals surface area contributed by atoms with Crippen LogP contribution in [-0.4, -0.2) is 25.2 Å². The minimum atomic E-state index is -0.0477. The molecule has 1 N–H and O–H groups in total. The Labute approximate surface area is 118 Å². The summed E-state index contributed by atoms with van der Waals surface area (Å²) in [5.74, 6) is 0.892. The molecular formula is C16H31NO2. The lowest BCUT2D eigenvalue weighted by Crippen LogP contribution is -2.34. The molecule has 0 aromatic heterocycles. The van der Waals surface area contributed by atoms with Gasteiger partial charge in [-0.15, -0.1) is 0 Å². The van der Waals surface area contributed by atoms with E-state index in [4.69, 9.17) is 4.74 Å². The maximum absolute atomic E-state index is 11.2.